The third kappa shape index (κ3) is 2.98. The van der Waals surface area contributed by atoms with E-state index in [2.05, 4.69) is 11.0 Å². The molecule has 3 rings (SSSR count). The maximum absolute atomic E-state index is 12.7. The molecule has 1 amide bonds. The van der Waals surface area contributed by atoms with Crippen molar-refractivity contribution in [2.75, 3.05) is 36.0 Å². The predicted octanol–water partition coefficient (Wildman–Crippen LogP) is 2.58. The van der Waals surface area contributed by atoms with Gasteiger partial charge in [-0.3, -0.25) is 4.79 Å². The summed E-state index contributed by atoms with van der Waals surface area (Å²) in [6, 6.07) is 5.90. The van der Waals surface area contributed by atoms with E-state index >= 15 is 0 Å². The summed E-state index contributed by atoms with van der Waals surface area (Å²) in [7, 11) is 0. The molecule has 1 saturated heterocycles. The van der Waals surface area contributed by atoms with Crippen LogP contribution in [0.25, 0.3) is 0 Å². The quantitative estimate of drug-likeness (QED) is 0.853. The van der Waals surface area contributed by atoms with Gasteiger partial charge in [0, 0.05) is 36.0 Å². The van der Waals surface area contributed by atoms with Crippen LogP contribution in [0, 0.1) is 0 Å². The van der Waals surface area contributed by atoms with Gasteiger partial charge in [0.1, 0.15) is 6.04 Å². The SMILES string of the molecule is CC(C(=O)N1CCCCC1)N1CCSc2ccc(N)cc21. The zero-order chi connectivity index (χ0) is 14.8. The van der Waals surface area contributed by atoms with Crippen LogP contribution < -0.4 is 10.6 Å². The van der Waals surface area contributed by atoms with Gasteiger partial charge in [0.2, 0.25) is 5.91 Å². The first kappa shape index (κ1) is 14.6. The van der Waals surface area contributed by atoms with Crippen LogP contribution >= 0.6 is 11.8 Å². The Kier molecular flexibility index (Phi) is 4.29. The maximum Gasteiger partial charge on any atom is 0.244 e. The zero-order valence-corrected chi connectivity index (χ0v) is 13.4. The summed E-state index contributed by atoms with van der Waals surface area (Å²) in [5, 5.41) is 0. The average Bonchev–Trinajstić information content (AvgIpc) is 2.53. The summed E-state index contributed by atoms with van der Waals surface area (Å²) >= 11 is 1.84. The molecule has 2 aliphatic heterocycles. The van der Waals surface area contributed by atoms with Crippen LogP contribution in [-0.2, 0) is 4.79 Å². The van der Waals surface area contributed by atoms with Crippen molar-refractivity contribution in [3.63, 3.8) is 0 Å². The molecule has 5 heteroatoms. The number of rotatable bonds is 2. The van der Waals surface area contributed by atoms with Crippen LogP contribution in [0.15, 0.2) is 23.1 Å². The lowest BCUT2D eigenvalue weighted by Crippen LogP contribution is -2.50. The second-order valence-corrected chi connectivity index (χ2v) is 6.97. The molecule has 0 spiro atoms. The van der Waals surface area contributed by atoms with Gasteiger partial charge in [-0.2, -0.15) is 0 Å². The number of fused-ring (bicyclic) bond motifs is 1. The number of nitrogen functional groups attached to an aromatic ring is 1. The fourth-order valence-corrected chi connectivity index (χ4v) is 4.17. The van der Waals surface area contributed by atoms with Crippen molar-refractivity contribution in [3.8, 4) is 0 Å². The van der Waals surface area contributed by atoms with Crippen molar-refractivity contribution < 1.29 is 4.79 Å². The molecule has 2 N–H and O–H groups in total. The van der Waals surface area contributed by atoms with Gasteiger partial charge in [-0.05, 0) is 44.4 Å². The Morgan fingerprint density at radius 1 is 1.24 bits per heavy atom. The summed E-state index contributed by atoms with van der Waals surface area (Å²) in [5.74, 6) is 1.28. The van der Waals surface area contributed by atoms with Gasteiger partial charge in [0.25, 0.3) is 0 Å². The van der Waals surface area contributed by atoms with Gasteiger partial charge < -0.3 is 15.5 Å². The summed E-state index contributed by atoms with van der Waals surface area (Å²) in [6.45, 7) is 4.76. The molecule has 1 aromatic rings. The van der Waals surface area contributed by atoms with E-state index in [9.17, 15) is 4.79 Å². The number of carbonyl (C=O) groups excluding carboxylic acids is 1. The van der Waals surface area contributed by atoms with Crippen molar-refractivity contribution in [3.05, 3.63) is 18.2 Å². The molecule has 2 aliphatic rings. The minimum absolute atomic E-state index is 0.107. The highest BCUT2D eigenvalue weighted by Gasteiger charge is 2.30. The number of nitrogens with two attached hydrogens (primary N) is 1. The summed E-state index contributed by atoms with van der Waals surface area (Å²) in [6.07, 6.45) is 3.52. The number of likely N-dealkylation sites (tertiary alicyclic amines) is 1. The lowest BCUT2D eigenvalue weighted by molar-refractivity contribution is -0.133. The first-order chi connectivity index (χ1) is 10.2. The fraction of sp³-hybridized carbons (Fsp3) is 0.562. The van der Waals surface area contributed by atoms with E-state index in [0.29, 0.717) is 0 Å². The van der Waals surface area contributed by atoms with Crippen LogP contribution in [0.5, 0.6) is 0 Å². The molecule has 0 saturated carbocycles. The molecule has 0 bridgehead atoms. The molecule has 114 valence electrons. The van der Waals surface area contributed by atoms with E-state index < -0.39 is 0 Å². The highest BCUT2D eigenvalue weighted by Crippen LogP contribution is 2.37. The number of thioether (sulfide) groups is 1. The largest absolute Gasteiger partial charge is 0.399 e. The lowest BCUT2D eigenvalue weighted by atomic mass is 10.1. The molecule has 1 unspecified atom stereocenters. The molecule has 1 aromatic carbocycles. The number of amides is 1. The van der Waals surface area contributed by atoms with Crippen molar-refractivity contribution >= 4 is 29.0 Å². The van der Waals surface area contributed by atoms with Crippen molar-refractivity contribution in [1.82, 2.24) is 4.90 Å². The number of benzene rings is 1. The number of hydrogen-bond acceptors (Lipinski definition) is 4. The number of piperidine rings is 1. The highest BCUT2D eigenvalue weighted by atomic mass is 32.2. The molecular weight excluding hydrogens is 282 g/mol. The molecule has 2 heterocycles. The monoisotopic (exact) mass is 305 g/mol. The maximum atomic E-state index is 12.7. The second-order valence-electron chi connectivity index (χ2n) is 5.83. The van der Waals surface area contributed by atoms with Gasteiger partial charge in [0.05, 0.1) is 5.69 Å². The minimum atomic E-state index is -0.107. The minimum Gasteiger partial charge on any atom is -0.399 e. The van der Waals surface area contributed by atoms with Crippen LogP contribution in [0.2, 0.25) is 0 Å². The summed E-state index contributed by atoms with van der Waals surface area (Å²) < 4.78 is 0. The van der Waals surface area contributed by atoms with Crippen LogP contribution in [0.1, 0.15) is 26.2 Å². The van der Waals surface area contributed by atoms with E-state index in [1.54, 1.807) is 0 Å². The predicted molar refractivity (Wildman–Crippen MR) is 88.8 cm³/mol. The number of nitrogens with zero attached hydrogens (tertiary/aromatic N) is 2. The van der Waals surface area contributed by atoms with Gasteiger partial charge in [-0.1, -0.05) is 0 Å². The molecular formula is C16H23N3OS. The third-order valence-corrected chi connectivity index (χ3v) is 5.42. The van der Waals surface area contributed by atoms with Gasteiger partial charge in [-0.25, -0.2) is 0 Å². The Morgan fingerprint density at radius 2 is 2.00 bits per heavy atom. The molecule has 1 fully saturated rings. The third-order valence-electron chi connectivity index (χ3n) is 4.37. The molecule has 0 aromatic heterocycles. The molecule has 0 radical (unpaired) electrons. The number of hydrogen-bond donors (Lipinski definition) is 1. The Balaban J connectivity index is 1.80. The van der Waals surface area contributed by atoms with E-state index in [-0.39, 0.29) is 11.9 Å². The summed E-state index contributed by atoms with van der Waals surface area (Å²) in [4.78, 5) is 18.2. The lowest BCUT2D eigenvalue weighted by Gasteiger charge is -2.38. The zero-order valence-electron chi connectivity index (χ0n) is 12.5. The number of carbonyl (C=O) groups is 1. The van der Waals surface area contributed by atoms with Gasteiger partial charge >= 0.3 is 0 Å². The fourth-order valence-electron chi connectivity index (χ4n) is 3.17. The van der Waals surface area contributed by atoms with Crippen LogP contribution in [0.3, 0.4) is 0 Å². The van der Waals surface area contributed by atoms with Crippen molar-refractivity contribution in [2.24, 2.45) is 0 Å². The van der Waals surface area contributed by atoms with E-state index in [1.807, 2.05) is 35.7 Å². The Labute approximate surface area is 130 Å². The van der Waals surface area contributed by atoms with Crippen molar-refractivity contribution in [1.29, 1.82) is 0 Å². The van der Waals surface area contributed by atoms with Crippen molar-refractivity contribution in [2.45, 2.75) is 37.1 Å². The smallest absolute Gasteiger partial charge is 0.244 e. The Bertz CT molecular complexity index is 528. The molecule has 21 heavy (non-hydrogen) atoms. The second kappa shape index (κ2) is 6.18. The average molecular weight is 305 g/mol. The van der Waals surface area contributed by atoms with E-state index in [4.69, 9.17) is 5.73 Å². The Hall–Kier alpha value is -1.36. The first-order valence-electron chi connectivity index (χ1n) is 7.74. The first-order valence-corrected chi connectivity index (χ1v) is 8.73. The van der Waals surface area contributed by atoms with E-state index in [0.717, 1.165) is 49.6 Å². The normalized spacial score (nSPS) is 20.0. The van der Waals surface area contributed by atoms with E-state index in [1.165, 1.54) is 11.3 Å². The van der Waals surface area contributed by atoms with Gasteiger partial charge in [-0.15, -0.1) is 11.8 Å². The molecule has 0 aliphatic carbocycles. The standard InChI is InChI=1S/C16H23N3OS/c1-12(16(20)18-7-3-2-4-8-18)19-9-10-21-15-6-5-13(17)11-14(15)19/h5-6,11-12H,2-4,7-10,17H2,1H3. The highest BCUT2D eigenvalue weighted by molar-refractivity contribution is 7.99. The molecule has 4 nitrogen and oxygen atoms in total. The van der Waals surface area contributed by atoms with Gasteiger partial charge in [0.15, 0.2) is 0 Å². The van der Waals surface area contributed by atoms with Crippen LogP contribution in [0.4, 0.5) is 11.4 Å². The molecule has 1 atom stereocenters. The summed E-state index contributed by atoms with van der Waals surface area (Å²) in [5.41, 5.74) is 7.81. The van der Waals surface area contributed by atoms with Crippen LogP contribution in [-0.4, -0.2) is 42.2 Å². The topological polar surface area (TPSA) is 49.6 Å². The number of anilines is 2. The Morgan fingerprint density at radius 3 is 2.76 bits per heavy atom.